The van der Waals surface area contributed by atoms with Gasteiger partial charge in [-0.15, -0.1) is 0 Å². The van der Waals surface area contributed by atoms with E-state index in [1.807, 2.05) is 43.3 Å². The number of methoxy groups -OCH3 is 1. The molecular formula is C27H28N2O5. The number of para-hydroxylation sites is 2. The van der Waals surface area contributed by atoms with E-state index in [-0.39, 0.29) is 11.6 Å². The highest BCUT2D eigenvalue weighted by Gasteiger charge is 2.13. The summed E-state index contributed by atoms with van der Waals surface area (Å²) in [4.78, 5) is 24.8. The van der Waals surface area contributed by atoms with Crippen molar-refractivity contribution < 1.29 is 23.8 Å². The van der Waals surface area contributed by atoms with Gasteiger partial charge in [-0.25, -0.2) is 0 Å². The zero-order valence-electron chi connectivity index (χ0n) is 19.5. The monoisotopic (exact) mass is 460 g/mol. The molecule has 0 saturated heterocycles. The number of likely N-dealkylation sites (N-methyl/N-ethyl adjacent to an activating group) is 1. The average Bonchev–Trinajstić information content (AvgIpc) is 2.87. The molecule has 7 nitrogen and oxygen atoms in total. The Labute approximate surface area is 199 Å². The first kappa shape index (κ1) is 24.4. The molecule has 0 saturated carbocycles. The number of aryl methyl sites for hydroxylation is 1. The van der Waals surface area contributed by atoms with Gasteiger partial charge in [0.25, 0.3) is 11.8 Å². The van der Waals surface area contributed by atoms with Crippen LogP contribution in [-0.2, 0) is 4.79 Å². The van der Waals surface area contributed by atoms with Gasteiger partial charge in [-0.2, -0.15) is 0 Å². The molecule has 7 heteroatoms. The van der Waals surface area contributed by atoms with Crippen LogP contribution in [-0.4, -0.2) is 39.2 Å². The van der Waals surface area contributed by atoms with Crippen LogP contribution in [0.25, 0.3) is 6.08 Å². The van der Waals surface area contributed by atoms with Gasteiger partial charge in [0.2, 0.25) is 0 Å². The van der Waals surface area contributed by atoms with Crippen LogP contribution in [0.2, 0.25) is 0 Å². The number of hydrogen-bond donors (Lipinski definition) is 2. The lowest BCUT2D eigenvalue weighted by Crippen LogP contribution is -2.33. The highest BCUT2D eigenvalue weighted by Crippen LogP contribution is 2.25. The average molecular weight is 461 g/mol. The van der Waals surface area contributed by atoms with E-state index in [9.17, 15) is 9.59 Å². The second-order valence-corrected chi connectivity index (χ2v) is 7.37. The third-order valence-corrected chi connectivity index (χ3v) is 4.90. The second kappa shape index (κ2) is 12.1. The second-order valence-electron chi connectivity index (χ2n) is 7.37. The Morgan fingerprint density at radius 3 is 2.15 bits per heavy atom. The first-order valence-electron chi connectivity index (χ1n) is 10.8. The van der Waals surface area contributed by atoms with Crippen LogP contribution >= 0.6 is 0 Å². The molecule has 3 rings (SSSR count). The van der Waals surface area contributed by atoms with E-state index >= 15 is 0 Å². The minimum absolute atomic E-state index is 0.145. The third kappa shape index (κ3) is 6.87. The molecule has 0 aliphatic carbocycles. The van der Waals surface area contributed by atoms with Gasteiger partial charge >= 0.3 is 0 Å². The number of rotatable bonds is 10. The van der Waals surface area contributed by atoms with E-state index in [0.717, 1.165) is 11.1 Å². The van der Waals surface area contributed by atoms with Gasteiger partial charge in [-0.1, -0.05) is 42.0 Å². The molecule has 0 aromatic heterocycles. The minimum atomic E-state index is -0.394. The summed E-state index contributed by atoms with van der Waals surface area (Å²) < 4.78 is 16.7. The predicted molar refractivity (Wildman–Crippen MR) is 131 cm³/mol. The summed E-state index contributed by atoms with van der Waals surface area (Å²) in [5.41, 5.74) is 2.40. The maximum Gasteiger partial charge on any atom is 0.267 e. The van der Waals surface area contributed by atoms with Crippen LogP contribution in [0.1, 0.15) is 21.5 Å². The molecule has 0 heterocycles. The maximum atomic E-state index is 12.5. The summed E-state index contributed by atoms with van der Waals surface area (Å²) in [5, 5.41) is 5.23. The molecule has 0 spiro atoms. The van der Waals surface area contributed by atoms with Crippen molar-refractivity contribution in [3.63, 3.8) is 0 Å². The molecule has 0 aliphatic rings. The molecule has 0 unspecified atom stereocenters. The Morgan fingerprint density at radius 2 is 1.50 bits per heavy atom. The lowest BCUT2D eigenvalue weighted by molar-refractivity contribution is -0.117. The van der Waals surface area contributed by atoms with Crippen molar-refractivity contribution in [1.29, 1.82) is 0 Å². The number of amides is 2. The number of carbonyl (C=O) groups excluding carboxylic acids is 2. The van der Waals surface area contributed by atoms with Gasteiger partial charge in [0.1, 0.15) is 24.7 Å². The van der Waals surface area contributed by atoms with E-state index < -0.39 is 5.91 Å². The van der Waals surface area contributed by atoms with E-state index in [2.05, 4.69) is 10.6 Å². The lowest BCUT2D eigenvalue weighted by Gasteiger charge is -2.11. The van der Waals surface area contributed by atoms with Crippen molar-refractivity contribution in [1.82, 2.24) is 10.6 Å². The number of benzene rings is 3. The SMILES string of the molecule is CNC(=O)C(=Cc1ccc(OCCOc2ccccc2OC)cc1)NC(=O)c1ccc(C)cc1. The summed E-state index contributed by atoms with van der Waals surface area (Å²) in [6.07, 6.45) is 1.61. The van der Waals surface area contributed by atoms with Gasteiger partial charge in [0.05, 0.1) is 7.11 Å². The zero-order valence-corrected chi connectivity index (χ0v) is 19.5. The van der Waals surface area contributed by atoms with E-state index in [1.54, 1.807) is 49.6 Å². The number of hydrogen-bond acceptors (Lipinski definition) is 5. The molecule has 0 fully saturated rings. The Bertz CT molecular complexity index is 1140. The predicted octanol–water partition coefficient (Wildman–Crippen LogP) is 3.98. The quantitative estimate of drug-likeness (QED) is 0.353. The molecule has 2 amide bonds. The van der Waals surface area contributed by atoms with E-state index in [1.165, 1.54) is 7.05 Å². The van der Waals surface area contributed by atoms with Crippen molar-refractivity contribution in [2.75, 3.05) is 27.4 Å². The molecular weight excluding hydrogens is 432 g/mol. The minimum Gasteiger partial charge on any atom is -0.493 e. The first-order valence-corrected chi connectivity index (χ1v) is 10.8. The number of nitrogens with one attached hydrogen (secondary N) is 2. The van der Waals surface area contributed by atoms with Gasteiger partial charge in [-0.05, 0) is 55.0 Å². The van der Waals surface area contributed by atoms with Crippen molar-refractivity contribution in [2.24, 2.45) is 0 Å². The summed E-state index contributed by atoms with van der Waals surface area (Å²) in [5.74, 6) is 1.23. The largest absolute Gasteiger partial charge is 0.493 e. The molecule has 34 heavy (non-hydrogen) atoms. The molecule has 2 N–H and O–H groups in total. The molecule has 0 atom stereocenters. The Morgan fingerprint density at radius 1 is 0.853 bits per heavy atom. The normalized spacial score (nSPS) is 10.9. The standard InChI is InChI=1S/C27H28N2O5/c1-19-8-12-21(13-9-19)26(30)29-23(27(31)28-2)18-20-10-14-22(15-11-20)33-16-17-34-25-7-5-4-6-24(25)32-3/h4-15,18H,16-17H2,1-3H3,(H,28,31)(H,29,30). The Hall–Kier alpha value is -4.26. The fourth-order valence-corrected chi connectivity index (χ4v) is 3.07. The van der Waals surface area contributed by atoms with Crippen LogP contribution < -0.4 is 24.8 Å². The Balaban J connectivity index is 1.59. The summed E-state index contributed by atoms with van der Waals surface area (Å²) in [7, 11) is 3.11. The van der Waals surface area contributed by atoms with E-state index in [0.29, 0.717) is 36.0 Å². The topological polar surface area (TPSA) is 85.9 Å². The Kier molecular flexibility index (Phi) is 8.68. The van der Waals surface area contributed by atoms with Crippen LogP contribution in [0.3, 0.4) is 0 Å². The van der Waals surface area contributed by atoms with Gasteiger partial charge < -0.3 is 24.8 Å². The zero-order chi connectivity index (χ0) is 24.3. The van der Waals surface area contributed by atoms with Crippen molar-refractivity contribution in [2.45, 2.75) is 6.92 Å². The molecule has 176 valence electrons. The van der Waals surface area contributed by atoms with Crippen molar-refractivity contribution in [3.05, 3.63) is 95.2 Å². The fourth-order valence-electron chi connectivity index (χ4n) is 3.07. The molecule has 0 bridgehead atoms. The summed E-state index contributed by atoms with van der Waals surface area (Å²) in [6.45, 7) is 2.65. The molecule has 3 aromatic carbocycles. The van der Waals surface area contributed by atoms with Crippen LogP contribution in [0.5, 0.6) is 17.2 Å². The molecule has 0 aliphatic heterocycles. The van der Waals surface area contributed by atoms with Gasteiger partial charge in [0.15, 0.2) is 11.5 Å². The van der Waals surface area contributed by atoms with Crippen LogP contribution in [0.4, 0.5) is 0 Å². The highest BCUT2D eigenvalue weighted by molar-refractivity contribution is 6.05. The maximum absolute atomic E-state index is 12.5. The summed E-state index contributed by atoms with van der Waals surface area (Å²) in [6, 6.07) is 21.7. The van der Waals surface area contributed by atoms with Crippen LogP contribution in [0, 0.1) is 6.92 Å². The summed E-state index contributed by atoms with van der Waals surface area (Å²) >= 11 is 0. The van der Waals surface area contributed by atoms with Gasteiger partial charge in [0, 0.05) is 12.6 Å². The lowest BCUT2D eigenvalue weighted by atomic mass is 10.1. The number of carbonyl (C=O) groups is 2. The third-order valence-electron chi connectivity index (χ3n) is 4.90. The smallest absolute Gasteiger partial charge is 0.267 e. The highest BCUT2D eigenvalue weighted by atomic mass is 16.5. The van der Waals surface area contributed by atoms with E-state index in [4.69, 9.17) is 14.2 Å². The molecule has 0 radical (unpaired) electrons. The van der Waals surface area contributed by atoms with Crippen LogP contribution in [0.15, 0.2) is 78.5 Å². The van der Waals surface area contributed by atoms with Gasteiger partial charge in [-0.3, -0.25) is 9.59 Å². The molecule has 3 aromatic rings. The fraction of sp³-hybridized carbons (Fsp3) is 0.185. The van der Waals surface area contributed by atoms with Crippen molar-refractivity contribution in [3.8, 4) is 17.2 Å². The number of ether oxygens (including phenoxy) is 3. The first-order chi connectivity index (χ1) is 16.5. The van der Waals surface area contributed by atoms with Crippen molar-refractivity contribution >= 4 is 17.9 Å².